The number of carbonyl (C=O) groups is 2. The number of carboxylic acid groups (broad SMARTS) is 1. The number of carbonyl (C=O) groups excluding carboxylic acids is 1. The molecule has 1 N–H and O–H groups in total. The molecule has 0 saturated heterocycles. The first-order valence-corrected chi connectivity index (χ1v) is 2.69. The maximum atomic E-state index is 11.9. The number of ketones is 1. The average Bonchev–Trinajstić information content (AvgIpc) is 1.85. The molecule has 0 unspecified atom stereocenters. The smallest absolute Gasteiger partial charge is 0.372 e. The maximum absolute atomic E-state index is 11.9. The molecule has 0 aromatic carbocycles. The van der Waals surface area contributed by atoms with E-state index in [0.29, 0.717) is 0 Å². The normalized spacial score (nSPS) is 11.8. The number of alkyl halides is 4. The summed E-state index contributed by atoms with van der Waals surface area (Å²) >= 11 is 0. The summed E-state index contributed by atoms with van der Waals surface area (Å²) in [6, 6.07) is 0. The van der Waals surface area contributed by atoms with E-state index < -0.39 is 30.5 Å². The van der Waals surface area contributed by atoms with Crippen LogP contribution >= 0.6 is 0 Å². The summed E-state index contributed by atoms with van der Waals surface area (Å²) in [5.74, 6) is -8.63. The molecule has 0 saturated carbocycles. The van der Waals surface area contributed by atoms with Gasteiger partial charge in [-0.25, -0.2) is 13.6 Å². The van der Waals surface area contributed by atoms with E-state index in [4.69, 9.17) is 5.11 Å². The Balaban J connectivity index is 4.25. The zero-order valence-corrected chi connectivity index (χ0v) is 5.56. The van der Waals surface area contributed by atoms with Gasteiger partial charge in [-0.2, -0.15) is 8.78 Å². The molecular formula is C5H4F4O3. The minimum absolute atomic E-state index is 1.93. The number of hydrogen-bond donors (Lipinski definition) is 1. The highest BCUT2D eigenvalue weighted by Crippen LogP contribution is 2.26. The molecule has 0 aliphatic heterocycles. The Hall–Kier alpha value is -1.14. The van der Waals surface area contributed by atoms with Crippen LogP contribution in [0.25, 0.3) is 0 Å². The van der Waals surface area contributed by atoms with Crippen molar-refractivity contribution in [2.75, 3.05) is 0 Å². The molecule has 0 atom stereocenters. The fourth-order valence-electron chi connectivity index (χ4n) is 0.367. The van der Waals surface area contributed by atoms with Gasteiger partial charge in [0.25, 0.3) is 0 Å². The first-order valence-electron chi connectivity index (χ1n) is 2.69. The lowest BCUT2D eigenvalue weighted by Crippen LogP contribution is -2.32. The van der Waals surface area contributed by atoms with Gasteiger partial charge in [0.05, 0.1) is 6.42 Å². The van der Waals surface area contributed by atoms with Crippen molar-refractivity contribution >= 4 is 11.8 Å². The number of aliphatic carboxylic acids is 1. The van der Waals surface area contributed by atoms with E-state index in [1.54, 1.807) is 0 Å². The van der Waals surface area contributed by atoms with E-state index in [2.05, 4.69) is 0 Å². The minimum atomic E-state index is -4.56. The molecule has 3 nitrogen and oxygen atoms in total. The Labute approximate surface area is 64.0 Å². The van der Waals surface area contributed by atoms with Crippen LogP contribution in [0, 0.1) is 0 Å². The molecule has 0 rings (SSSR count). The second-order valence-corrected chi connectivity index (χ2v) is 1.97. The van der Waals surface area contributed by atoms with Gasteiger partial charge >= 0.3 is 18.3 Å². The lowest BCUT2D eigenvalue weighted by atomic mass is 10.2. The molecule has 0 fully saturated rings. The van der Waals surface area contributed by atoms with Crippen LogP contribution in [-0.2, 0) is 9.59 Å². The fraction of sp³-hybridized carbons (Fsp3) is 0.600. The van der Waals surface area contributed by atoms with Crippen molar-refractivity contribution in [3.8, 4) is 0 Å². The second kappa shape index (κ2) is 3.51. The van der Waals surface area contributed by atoms with Crippen LogP contribution < -0.4 is 0 Å². The van der Waals surface area contributed by atoms with Crippen molar-refractivity contribution in [2.24, 2.45) is 0 Å². The van der Waals surface area contributed by atoms with Gasteiger partial charge in [-0.1, -0.05) is 0 Å². The highest BCUT2D eigenvalue weighted by atomic mass is 19.3. The topological polar surface area (TPSA) is 54.4 Å². The maximum Gasteiger partial charge on any atom is 0.372 e. The molecule has 0 aromatic rings. The summed E-state index contributed by atoms with van der Waals surface area (Å²) < 4.78 is 46.5. The van der Waals surface area contributed by atoms with E-state index in [0.717, 1.165) is 0 Å². The third-order valence-corrected chi connectivity index (χ3v) is 0.954. The average molecular weight is 188 g/mol. The Morgan fingerprint density at radius 1 is 1.33 bits per heavy atom. The predicted octanol–water partition coefficient (Wildman–Crippen LogP) is 0.931. The van der Waals surface area contributed by atoms with E-state index in [1.807, 2.05) is 0 Å². The molecule has 0 radical (unpaired) electrons. The number of halogens is 4. The molecule has 0 aliphatic rings. The molecule has 12 heavy (non-hydrogen) atoms. The number of hydrogen-bond acceptors (Lipinski definition) is 2. The van der Waals surface area contributed by atoms with Crippen LogP contribution in [0.4, 0.5) is 17.6 Å². The quantitative estimate of drug-likeness (QED) is 0.527. The third kappa shape index (κ3) is 2.85. The number of rotatable bonds is 4. The van der Waals surface area contributed by atoms with Gasteiger partial charge in [0, 0.05) is 0 Å². The van der Waals surface area contributed by atoms with Gasteiger partial charge in [0.15, 0.2) is 0 Å². The largest absolute Gasteiger partial charge is 0.475 e. The Morgan fingerprint density at radius 3 is 2.00 bits per heavy atom. The molecule has 0 amide bonds. The summed E-state index contributed by atoms with van der Waals surface area (Å²) in [4.78, 5) is 19.7. The summed E-state index contributed by atoms with van der Waals surface area (Å²) in [5, 5.41) is 7.80. The van der Waals surface area contributed by atoms with Crippen LogP contribution in [0.1, 0.15) is 6.42 Å². The van der Waals surface area contributed by atoms with E-state index >= 15 is 0 Å². The summed E-state index contributed by atoms with van der Waals surface area (Å²) in [5.41, 5.74) is 0. The van der Waals surface area contributed by atoms with Gasteiger partial charge in [0.1, 0.15) is 0 Å². The zero-order chi connectivity index (χ0) is 9.94. The van der Waals surface area contributed by atoms with Crippen LogP contribution in [0.5, 0.6) is 0 Å². The first kappa shape index (κ1) is 10.9. The van der Waals surface area contributed by atoms with Crippen molar-refractivity contribution in [3.05, 3.63) is 0 Å². The van der Waals surface area contributed by atoms with E-state index in [9.17, 15) is 27.2 Å². The van der Waals surface area contributed by atoms with Gasteiger partial charge in [-0.15, -0.1) is 0 Å². The molecule has 70 valence electrons. The lowest BCUT2D eigenvalue weighted by molar-refractivity contribution is -0.162. The highest BCUT2D eigenvalue weighted by molar-refractivity contribution is 6.32. The van der Waals surface area contributed by atoms with Gasteiger partial charge in [-0.3, -0.25) is 4.79 Å². The van der Waals surface area contributed by atoms with Crippen LogP contribution in [0.3, 0.4) is 0 Å². The molecular weight excluding hydrogens is 184 g/mol. The Kier molecular flexibility index (Phi) is 3.17. The van der Waals surface area contributed by atoms with E-state index in [-0.39, 0.29) is 0 Å². The highest BCUT2D eigenvalue weighted by Gasteiger charge is 2.44. The van der Waals surface area contributed by atoms with Gasteiger partial charge < -0.3 is 5.11 Å². The first-order chi connectivity index (χ1) is 5.27. The van der Waals surface area contributed by atoms with Crippen molar-refractivity contribution in [1.82, 2.24) is 0 Å². The Morgan fingerprint density at radius 2 is 1.75 bits per heavy atom. The van der Waals surface area contributed by atoms with E-state index in [1.165, 1.54) is 0 Å². The van der Waals surface area contributed by atoms with Gasteiger partial charge in [-0.05, 0) is 0 Å². The molecule has 0 bridgehead atoms. The molecule has 7 heteroatoms. The van der Waals surface area contributed by atoms with Crippen LogP contribution in [0.15, 0.2) is 0 Å². The van der Waals surface area contributed by atoms with Gasteiger partial charge in [0.2, 0.25) is 5.78 Å². The SMILES string of the molecule is O=C(O)C(=O)CC(F)(F)C(F)F. The van der Waals surface area contributed by atoms with Crippen molar-refractivity contribution in [3.63, 3.8) is 0 Å². The van der Waals surface area contributed by atoms with Crippen LogP contribution in [0.2, 0.25) is 0 Å². The summed E-state index contributed by atoms with van der Waals surface area (Å²) in [7, 11) is 0. The van der Waals surface area contributed by atoms with Crippen molar-refractivity contribution in [1.29, 1.82) is 0 Å². The molecule has 0 spiro atoms. The summed E-state index contributed by atoms with van der Waals surface area (Å²) in [6.45, 7) is 0. The monoisotopic (exact) mass is 188 g/mol. The minimum Gasteiger partial charge on any atom is -0.475 e. The molecule has 0 aliphatic carbocycles. The predicted molar refractivity (Wildman–Crippen MR) is 28.2 cm³/mol. The third-order valence-electron chi connectivity index (χ3n) is 0.954. The molecule has 0 heterocycles. The van der Waals surface area contributed by atoms with Crippen molar-refractivity contribution in [2.45, 2.75) is 18.8 Å². The van der Waals surface area contributed by atoms with Crippen molar-refractivity contribution < 1.29 is 32.3 Å². The molecule has 0 aromatic heterocycles. The number of Topliss-reactive ketones (excluding diaryl/α,β-unsaturated/α-hetero) is 1. The zero-order valence-electron chi connectivity index (χ0n) is 5.56. The summed E-state index contributed by atoms with van der Waals surface area (Å²) in [6.07, 6.45) is -6.00. The fourth-order valence-corrected chi connectivity index (χ4v) is 0.367. The lowest BCUT2D eigenvalue weighted by Gasteiger charge is -2.11. The second-order valence-electron chi connectivity index (χ2n) is 1.97. The Bertz CT molecular complexity index is 201. The standard InChI is InChI=1S/C5H4F4O3/c6-4(7)5(8,9)1-2(10)3(11)12/h4H,1H2,(H,11,12). The van der Waals surface area contributed by atoms with Crippen LogP contribution in [-0.4, -0.2) is 29.2 Å². The number of carboxylic acids is 1.